The summed E-state index contributed by atoms with van der Waals surface area (Å²) in [6, 6.07) is 0. The quantitative estimate of drug-likeness (QED) is 0.225. The summed E-state index contributed by atoms with van der Waals surface area (Å²) in [5, 5.41) is 20.5. The Morgan fingerprint density at radius 2 is 1.73 bits per heavy atom. The van der Waals surface area contributed by atoms with E-state index < -0.39 is 30.3 Å². The zero-order valence-corrected chi connectivity index (χ0v) is 18.3. The highest BCUT2D eigenvalue weighted by molar-refractivity contribution is 5.85. The molecule has 4 atom stereocenters. The lowest BCUT2D eigenvalue weighted by atomic mass is 9.85. The molecule has 0 saturated heterocycles. The number of Topliss-reactive ketones (excluding diaryl/α,β-unsaturated/α-hetero) is 1. The number of ketones is 1. The number of halogens is 2. The molecule has 0 unspecified atom stereocenters. The van der Waals surface area contributed by atoms with Crippen LogP contribution in [0.25, 0.3) is 0 Å². The fourth-order valence-electron chi connectivity index (χ4n) is 4.11. The van der Waals surface area contributed by atoms with Crippen molar-refractivity contribution in [1.82, 2.24) is 0 Å². The molecule has 0 spiro atoms. The number of carbonyl (C=O) groups is 2. The van der Waals surface area contributed by atoms with Crippen LogP contribution in [0, 0.1) is 11.8 Å². The summed E-state index contributed by atoms with van der Waals surface area (Å²) in [5.74, 6) is -5.15. The molecule has 0 radical (unpaired) electrons. The average Bonchev–Trinajstić information content (AvgIpc) is 2.98. The normalized spacial score (nSPS) is 24.5. The van der Waals surface area contributed by atoms with Crippen LogP contribution >= 0.6 is 0 Å². The highest BCUT2D eigenvalue weighted by Gasteiger charge is 2.43. The number of aliphatic hydroxyl groups excluding tert-OH is 2. The second-order valence-corrected chi connectivity index (χ2v) is 8.35. The van der Waals surface area contributed by atoms with E-state index in [1.165, 1.54) is 7.11 Å². The van der Waals surface area contributed by atoms with E-state index in [0.717, 1.165) is 25.7 Å². The van der Waals surface area contributed by atoms with Crippen molar-refractivity contribution in [2.75, 3.05) is 7.11 Å². The minimum absolute atomic E-state index is 0.171. The summed E-state index contributed by atoms with van der Waals surface area (Å²) in [7, 11) is 1.38. The molecule has 0 heterocycles. The van der Waals surface area contributed by atoms with Gasteiger partial charge in [0.15, 0.2) is 0 Å². The first kappa shape index (κ1) is 26.7. The molecule has 0 amide bonds. The number of aliphatic hydroxyl groups is 2. The standard InChI is InChI=1S/C23H38F2O5/c1-3-4-15-23(24,25)21(28)14-13-18-17(19(26)16-20(18)27)11-9-7-5-6-8-10-12-22(29)30-2/h7,9,17-20,26-27H,3-6,8,10-16H2,1-2H3/b9-7-/t17-,18-,19+,20-/m1/s1. The number of esters is 1. The number of hydrogen-bond acceptors (Lipinski definition) is 5. The van der Waals surface area contributed by atoms with E-state index >= 15 is 0 Å². The third-order valence-corrected chi connectivity index (χ3v) is 6.03. The molecule has 174 valence electrons. The Kier molecular flexibility index (Phi) is 12.3. The van der Waals surface area contributed by atoms with Crippen molar-refractivity contribution < 1.29 is 33.3 Å². The Morgan fingerprint density at radius 3 is 2.40 bits per heavy atom. The molecule has 0 aromatic heterocycles. The number of allylic oxidation sites excluding steroid dienone is 2. The highest BCUT2D eigenvalue weighted by atomic mass is 19.3. The lowest BCUT2D eigenvalue weighted by Gasteiger charge is -2.23. The Hall–Kier alpha value is -1.34. The van der Waals surface area contributed by atoms with Crippen molar-refractivity contribution >= 4 is 11.8 Å². The predicted octanol–water partition coefficient (Wildman–Crippen LogP) is 4.59. The number of methoxy groups -OCH3 is 1. The molecule has 1 saturated carbocycles. The Morgan fingerprint density at radius 1 is 1.03 bits per heavy atom. The van der Waals surface area contributed by atoms with E-state index in [-0.39, 0.29) is 37.1 Å². The van der Waals surface area contributed by atoms with Gasteiger partial charge in [-0.15, -0.1) is 0 Å². The van der Waals surface area contributed by atoms with Crippen LogP contribution in [0.5, 0.6) is 0 Å². The molecule has 1 aliphatic carbocycles. The fourth-order valence-corrected chi connectivity index (χ4v) is 4.11. The summed E-state index contributed by atoms with van der Waals surface area (Å²) in [6.07, 6.45) is 7.57. The highest BCUT2D eigenvalue weighted by Crippen LogP contribution is 2.39. The molecule has 0 aromatic rings. The van der Waals surface area contributed by atoms with Crippen molar-refractivity contribution in [2.45, 2.75) is 102 Å². The van der Waals surface area contributed by atoms with Crippen LogP contribution in [0.3, 0.4) is 0 Å². The lowest BCUT2D eigenvalue weighted by molar-refractivity contribution is -0.144. The lowest BCUT2D eigenvalue weighted by Crippen LogP contribution is -2.30. The van der Waals surface area contributed by atoms with Gasteiger partial charge < -0.3 is 14.9 Å². The number of ether oxygens (including phenoxy) is 1. The van der Waals surface area contributed by atoms with Crippen LogP contribution in [0.1, 0.15) is 84.0 Å². The molecule has 1 rings (SSSR count). The van der Waals surface area contributed by atoms with E-state index in [0.29, 0.717) is 25.7 Å². The third-order valence-electron chi connectivity index (χ3n) is 6.03. The van der Waals surface area contributed by atoms with Gasteiger partial charge in [-0.25, -0.2) is 0 Å². The number of unbranched alkanes of at least 4 members (excludes halogenated alkanes) is 4. The Labute approximate surface area is 178 Å². The molecular weight excluding hydrogens is 394 g/mol. The number of hydrogen-bond donors (Lipinski definition) is 2. The third kappa shape index (κ3) is 9.21. The topological polar surface area (TPSA) is 83.8 Å². The summed E-state index contributed by atoms with van der Waals surface area (Å²) in [6.45, 7) is 1.80. The fraction of sp³-hybridized carbons (Fsp3) is 0.826. The molecule has 7 heteroatoms. The zero-order chi connectivity index (χ0) is 22.6. The van der Waals surface area contributed by atoms with Gasteiger partial charge in [-0.1, -0.05) is 31.9 Å². The van der Waals surface area contributed by atoms with Crippen molar-refractivity contribution in [2.24, 2.45) is 11.8 Å². The SMILES string of the molecule is CCCCC(F)(F)C(=O)CC[C@@H]1[C@@H](C/C=C\CCCCCC(=O)OC)[C@@H](O)C[C@H]1O. The molecular formula is C23H38F2O5. The number of alkyl halides is 2. The van der Waals surface area contributed by atoms with E-state index in [9.17, 15) is 28.6 Å². The van der Waals surface area contributed by atoms with E-state index in [4.69, 9.17) is 0 Å². The van der Waals surface area contributed by atoms with Crippen molar-refractivity contribution in [3.63, 3.8) is 0 Å². The maximum Gasteiger partial charge on any atom is 0.305 e. The van der Waals surface area contributed by atoms with Gasteiger partial charge in [-0.2, -0.15) is 8.78 Å². The van der Waals surface area contributed by atoms with E-state index in [2.05, 4.69) is 4.74 Å². The van der Waals surface area contributed by atoms with Gasteiger partial charge in [0, 0.05) is 19.3 Å². The van der Waals surface area contributed by atoms with Gasteiger partial charge >= 0.3 is 11.9 Å². The van der Waals surface area contributed by atoms with Crippen LogP contribution in [0.4, 0.5) is 8.78 Å². The maximum atomic E-state index is 13.9. The first-order valence-corrected chi connectivity index (χ1v) is 11.2. The van der Waals surface area contributed by atoms with Gasteiger partial charge in [0.25, 0.3) is 0 Å². The van der Waals surface area contributed by atoms with Crippen LogP contribution in [0.2, 0.25) is 0 Å². The summed E-state index contributed by atoms with van der Waals surface area (Å²) >= 11 is 0. The van der Waals surface area contributed by atoms with Crippen LogP contribution in [-0.4, -0.2) is 47.2 Å². The van der Waals surface area contributed by atoms with E-state index in [1.54, 1.807) is 6.92 Å². The molecule has 30 heavy (non-hydrogen) atoms. The smallest absolute Gasteiger partial charge is 0.305 e. The van der Waals surface area contributed by atoms with Crippen LogP contribution in [0.15, 0.2) is 12.2 Å². The summed E-state index contributed by atoms with van der Waals surface area (Å²) in [5.41, 5.74) is 0. The van der Waals surface area contributed by atoms with Crippen LogP contribution < -0.4 is 0 Å². The van der Waals surface area contributed by atoms with Gasteiger partial charge in [0.2, 0.25) is 5.78 Å². The maximum absolute atomic E-state index is 13.9. The largest absolute Gasteiger partial charge is 0.469 e. The van der Waals surface area contributed by atoms with Gasteiger partial charge in [-0.05, 0) is 56.8 Å². The minimum Gasteiger partial charge on any atom is -0.469 e. The van der Waals surface area contributed by atoms with Crippen LogP contribution in [-0.2, 0) is 14.3 Å². The minimum atomic E-state index is -3.30. The summed E-state index contributed by atoms with van der Waals surface area (Å²) in [4.78, 5) is 23.0. The first-order valence-electron chi connectivity index (χ1n) is 11.2. The molecule has 1 fully saturated rings. The zero-order valence-electron chi connectivity index (χ0n) is 18.3. The molecule has 1 aliphatic rings. The average molecular weight is 433 g/mol. The Balaban J connectivity index is 2.41. The van der Waals surface area contributed by atoms with Gasteiger partial charge in [-0.3, -0.25) is 9.59 Å². The van der Waals surface area contributed by atoms with Crippen molar-refractivity contribution in [1.29, 1.82) is 0 Å². The monoisotopic (exact) mass is 432 g/mol. The Bertz CT molecular complexity index is 550. The van der Waals surface area contributed by atoms with Gasteiger partial charge in [0.1, 0.15) is 0 Å². The molecule has 0 aromatic carbocycles. The van der Waals surface area contributed by atoms with Gasteiger partial charge in [0.05, 0.1) is 19.3 Å². The van der Waals surface area contributed by atoms with E-state index in [1.807, 2.05) is 12.2 Å². The number of rotatable bonds is 15. The predicted molar refractivity (Wildman–Crippen MR) is 111 cm³/mol. The first-order chi connectivity index (χ1) is 14.2. The van der Waals surface area contributed by atoms with Crippen molar-refractivity contribution in [3.8, 4) is 0 Å². The molecule has 0 aliphatic heterocycles. The molecule has 2 N–H and O–H groups in total. The van der Waals surface area contributed by atoms with Crippen molar-refractivity contribution in [3.05, 3.63) is 12.2 Å². The molecule has 5 nitrogen and oxygen atoms in total. The second-order valence-electron chi connectivity index (χ2n) is 8.35. The summed E-state index contributed by atoms with van der Waals surface area (Å²) < 4.78 is 32.4. The molecule has 0 bridgehead atoms. The second kappa shape index (κ2) is 13.9. The number of carbonyl (C=O) groups excluding carboxylic acids is 2.